The number of carbonyl (C=O) groups is 1. The van der Waals surface area contributed by atoms with E-state index in [0.717, 1.165) is 16.5 Å². The van der Waals surface area contributed by atoms with Crippen LogP contribution in [0.4, 0.5) is 0 Å². The van der Waals surface area contributed by atoms with Crippen molar-refractivity contribution in [1.82, 2.24) is 5.43 Å². The predicted molar refractivity (Wildman–Crippen MR) is 87.2 cm³/mol. The molecule has 0 bridgehead atoms. The number of hydrogen-bond acceptors (Lipinski definition) is 2. The first kappa shape index (κ1) is 14.0. The van der Waals surface area contributed by atoms with Gasteiger partial charge in [0.05, 0.1) is 6.21 Å². The first-order valence-electron chi connectivity index (χ1n) is 6.87. The molecule has 0 spiro atoms. The summed E-state index contributed by atoms with van der Waals surface area (Å²) in [4.78, 5) is 12.0. The van der Waals surface area contributed by atoms with E-state index in [1.54, 1.807) is 6.21 Å². The van der Waals surface area contributed by atoms with Crippen molar-refractivity contribution in [3.8, 4) is 0 Å². The molecule has 1 N–H and O–H groups in total. The van der Waals surface area contributed by atoms with Crippen LogP contribution in [-0.2, 0) is 4.79 Å². The molecule has 2 aromatic carbocycles. The maximum atomic E-state index is 12.0. The van der Waals surface area contributed by atoms with Gasteiger partial charge in [0.25, 0.3) is 0 Å². The maximum absolute atomic E-state index is 12.0. The third kappa shape index (κ3) is 3.58. The minimum absolute atomic E-state index is 0.00258. The van der Waals surface area contributed by atoms with E-state index in [1.165, 1.54) is 5.56 Å². The lowest BCUT2D eigenvalue weighted by Crippen LogP contribution is -2.20. The second-order valence-electron chi connectivity index (χ2n) is 5.15. The highest BCUT2D eigenvalue weighted by atomic mass is 79.9. The van der Waals surface area contributed by atoms with Gasteiger partial charge in [0.1, 0.15) is 0 Å². The Balaban J connectivity index is 1.53. The molecule has 0 aliphatic heterocycles. The maximum Gasteiger partial charge on any atom is 0.243 e. The van der Waals surface area contributed by atoms with Gasteiger partial charge in [0, 0.05) is 10.4 Å². The molecule has 0 radical (unpaired) electrons. The van der Waals surface area contributed by atoms with Crippen molar-refractivity contribution < 1.29 is 4.79 Å². The lowest BCUT2D eigenvalue weighted by molar-refractivity contribution is -0.122. The lowest BCUT2D eigenvalue weighted by atomic mass is 10.1. The molecule has 4 heteroatoms. The molecule has 1 aliphatic rings. The lowest BCUT2D eigenvalue weighted by Gasteiger charge is -2.00. The number of benzene rings is 2. The Hall–Kier alpha value is -1.94. The number of nitrogens with zero attached hydrogens (tertiary/aromatic N) is 1. The smallest absolute Gasteiger partial charge is 0.243 e. The van der Waals surface area contributed by atoms with E-state index >= 15 is 0 Å². The molecule has 3 rings (SSSR count). The van der Waals surface area contributed by atoms with Crippen molar-refractivity contribution in [3.63, 3.8) is 0 Å². The van der Waals surface area contributed by atoms with E-state index < -0.39 is 0 Å². The summed E-state index contributed by atoms with van der Waals surface area (Å²) in [5.41, 5.74) is 4.81. The van der Waals surface area contributed by atoms with Gasteiger partial charge in [0.2, 0.25) is 5.91 Å². The highest BCUT2D eigenvalue weighted by Gasteiger charge is 2.43. The van der Waals surface area contributed by atoms with Crippen LogP contribution in [0.2, 0.25) is 0 Å². The summed E-state index contributed by atoms with van der Waals surface area (Å²) in [6, 6.07) is 17.9. The average molecular weight is 343 g/mol. The monoisotopic (exact) mass is 342 g/mol. The van der Waals surface area contributed by atoms with Gasteiger partial charge in [-0.25, -0.2) is 5.43 Å². The Kier molecular flexibility index (Phi) is 4.15. The molecule has 0 unspecified atom stereocenters. The standard InChI is InChI=1S/C17H15BrN2O/c18-14-8-6-12(7-9-14)11-19-20-17(21)16-10-15(16)13-4-2-1-3-5-13/h1-9,11,15-16H,10H2,(H,20,21)/b19-11-/t15-,16+/m1/s1. The molecular formula is C17H15BrN2O. The summed E-state index contributed by atoms with van der Waals surface area (Å²) in [5, 5.41) is 4.02. The zero-order chi connectivity index (χ0) is 14.7. The molecule has 1 amide bonds. The molecule has 0 saturated heterocycles. The van der Waals surface area contributed by atoms with E-state index in [9.17, 15) is 4.79 Å². The fraction of sp³-hybridized carbons (Fsp3) is 0.176. The van der Waals surface area contributed by atoms with Crippen molar-refractivity contribution >= 4 is 28.1 Å². The second-order valence-corrected chi connectivity index (χ2v) is 6.06. The van der Waals surface area contributed by atoms with Crippen molar-refractivity contribution in [2.75, 3.05) is 0 Å². The fourth-order valence-corrected chi connectivity index (χ4v) is 2.62. The molecular weight excluding hydrogens is 328 g/mol. The molecule has 1 fully saturated rings. The van der Waals surface area contributed by atoms with E-state index in [0.29, 0.717) is 5.92 Å². The van der Waals surface area contributed by atoms with Crippen molar-refractivity contribution in [2.45, 2.75) is 12.3 Å². The average Bonchev–Trinajstić information content (AvgIpc) is 3.31. The highest BCUT2D eigenvalue weighted by Crippen LogP contribution is 2.47. The van der Waals surface area contributed by atoms with Crippen molar-refractivity contribution in [2.24, 2.45) is 11.0 Å². The van der Waals surface area contributed by atoms with Gasteiger partial charge >= 0.3 is 0 Å². The number of amides is 1. The van der Waals surface area contributed by atoms with Gasteiger partial charge in [-0.2, -0.15) is 5.10 Å². The first-order valence-corrected chi connectivity index (χ1v) is 7.67. The Morgan fingerprint density at radius 3 is 2.57 bits per heavy atom. The Morgan fingerprint density at radius 1 is 1.14 bits per heavy atom. The van der Waals surface area contributed by atoms with Gasteiger partial charge in [-0.15, -0.1) is 0 Å². The molecule has 2 aromatic rings. The van der Waals surface area contributed by atoms with Crippen LogP contribution in [-0.4, -0.2) is 12.1 Å². The predicted octanol–water partition coefficient (Wildman–Crippen LogP) is 3.70. The molecule has 0 aromatic heterocycles. The topological polar surface area (TPSA) is 41.5 Å². The van der Waals surface area contributed by atoms with Crippen LogP contribution in [0.1, 0.15) is 23.5 Å². The van der Waals surface area contributed by atoms with Gasteiger partial charge in [-0.05, 0) is 35.6 Å². The van der Waals surface area contributed by atoms with Crippen LogP contribution in [0.25, 0.3) is 0 Å². The quantitative estimate of drug-likeness (QED) is 0.667. The molecule has 1 aliphatic carbocycles. The van der Waals surface area contributed by atoms with E-state index in [-0.39, 0.29) is 11.8 Å². The molecule has 1 saturated carbocycles. The molecule has 0 heterocycles. The zero-order valence-corrected chi connectivity index (χ0v) is 13.0. The third-order valence-electron chi connectivity index (χ3n) is 3.61. The first-order chi connectivity index (χ1) is 10.2. The highest BCUT2D eigenvalue weighted by molar-refractivity contribution is 9.10. The van der Waals surface area contributed by atoms with Crippen LogP contribution < -0.4 is 5.43 Å². The Morgan fingerprint density at radius 2 is 1.86 bits per heavy atom. The number of hydrazone groups is 1. The van der Waals surface area contributed by atoms with E-state index in [4.69, 9.17) is 0 Å². The van der Waals surface area contributed by atoms with Crippen molar-refractivity contribution in [3.05, 3.63) is 70.2 Å². The van der Waals surface area contributed by atoms with Gasteiger partial charge in [0.15, 0.2) is 0 Å². The van der Waals surface area contributed by atoms with Crippen molar-refractivity contribution in [1.29, 1.82) is 0 Å². The largest absolute Gasteiger partial charge is 0.273 e. The van der Waals surface area contributed by atoms with Gasteiger partial charge in [-0.3, -0.25) is 4.79 Å². The summed E-state index contributed by atoms with van der Waals surface area (Å²) in [6.07, 6.45) is 2.56. The zero-order valence-electron chi connectivity index (χ0n) is 11.4. The van der Waals surface area contributed by atoms with Crippen LogP contribution in [0.3, 0.4) is 0 Å². The Bertz CT molecular complexity index is 652. The summed E-state index contributed by atoms with van der Waals surface area (Å²) in [5.74, 6) is 0.390. The van der Waals surface area contributed by atoms with Crippen LogP contribution in [0.5, 0.6) is 0 Å². The Labute approximate surface area is 132 Å². The van der Waals surface area contributed by atoms with Gasteiger partial charge in [-0.1, -0.05) is 58.4 Å². The van der Waals surface area contributed by atoms with Crippen LogP contribution in [0.15, 0.2) is 64.2 Å². The number of halogens is 1. The van der Waals surface area contributed by atoms with Gasteiger partial charge < -0.3 is 0 Å². The number of rotatable bonds is 4. The number of hydrogen-bond donors (Lipinski definition) is 1. The number of carbonyl (C=O) groups excluding carboxylic acids is 1. The summed E-state index contributed by atoms with van der Waals surface area (Å²) < 4.78 is 1.02. The number of nitrogens with one attached hydrogen (secondary N) is 1. The van der Waals surface area contributed by atoms with E-state index in [2.05, 4.69) is 38.6 Å². The molecule has 21 heavy (non-hydrogen) atoms. The van der Waals surface area contributed by atoms with E-state index in [1.807, 2.05) is 42.5 Å². The van der Waals surface area contributed by atoms with Crippen LogP contribution >= 0.6 is 15.9 Å². The molecule has 106 valence electrons. The fourth-order valence-electron chi connectivity index (χ4n) is 2.36. The summed E-state index contributed by atoms with van der Waals surface area (Å²) in [6.45, 7) is 0. The third-order valence-corrected chi connectivity index (χ3v) is 4.14. The summed E-state index contributed by atoms with van der Waals surface area (Å²) >= 11 is 3.38. The minimum Gasteiger partial charge on any atom is -0.273 e. The second kappa shape index (κ2) is 6.22. The SMILES string of the molecule is O=C(N/N=C\c1ccc(Br)cc1)[C@H]1C[C@@H]1c1ccccc1. The minimum atomic E-state index is -0.00258. The summed E-state index contributed by atoms with van der Waals surface area (Å²) in [7, 11) is 0. The normalized spacial score (nSPS) is 20.4. The molecule has 2 atom stereocenters. The van der Waals surface area contributed by atoms with Crippen LogP contribution in [0, 0.1) is 5.92 Å². The molecule has 3 nitrogen and oxygen atoms in total.